The van der Waals surface area contributed by atoms with Gasteiger partial charge in [0.15, 0.2) is 0 Å². The minimum Gasteiger partial charge on any atom is -0.468 e. The summed E-state index contributed by atoms with van der Waals surface area (Å²) < 4.78 is 42.6. The first-order chi connectivity index (χ1) is 11.4. The summed E-state index contributed by atoms with van der Waals surface area (Å²) in [7, 11) is 1.34. The van der Waals surface area contributed by atoms with Crippen LogP contribution in [0.3, 0.4) is 0 Å². The molecule has 4 nitrogen and oxygen atoms in total. The largest absolute Gasteiger partial charge is 0.468 e. The van der Waals surface area contributed by atoms with Crippen molar-refractivity contribution in [1.82, 2.24) is 10.2 Å². The maximum Gasteiger partial charge on any atom is 0.416 e. The number of methoxy groups -OCH3 is 1. The fraction of sp³-hybridized carbons (Fsp3) is 0.588. The average molecular weight is 344 g/mol. The minimum absolute atomic E-state index is 0.140. The highest BCUT2D eigenvalue weighted by Crippen LogP contribution is 2.29. The smallest absolute Gasteiger partial charge is 0.416 e. The summed E-state index contributed by atoms with van der Waals surface area (Å²) in [4.78, 5) is 13.6. The molecule has 0 saturated carbocycles. The van der Waals surface area contributed by atoms with Gasteiger partial charge < -0.3 is 10.1 Å². The molecule has 0 bridgehead atoms. The first-order valence-electron chi connectivity index (χ1n) is 8.04. The van der Waals surface area contributed by atoms with Crippen LogP contribution in [0.2, 0.25) is 0 Å². The number of esters is 1. The molecule has 0 radical (unpaired) electrons. The molecule has 0 aromatic heterocycles. The van der Waals surface area contributed by atoms with Crippen molar-refractivity contribution >= 4 is 5.97 Å². The number of alkyl halides is 3. The van der Waals surface area contributed by atoms with E-state index in [1.807, 2.05) is 4.90 Å². The fourth-order valence-corrected chi connectivity index (χ4v) is 2.92. The fourth-order valence-electron chi connectivity index (χ4n) is 2.92. The molecule has 0 spiro atoms. The van der Waals surface area contributed by atoms with Crippen molar-refractivity contribution in [3.8, 4) is 0 Å². The lowest BCUT2D eigenvalue weighted by atomic mass is 9.97. The summed E-state index contributed by atoms with van der Waals surface area (Å²) in [5.41, 5.74) is 0.0879. The second-order valence-corrected chi connectivity index (χ2v) is 6.13. The average Bonchev–Trinajstić information content (AvgIpc) is 2.55. The van der Waals surface area contributed by atoms with Crippen LogP contribution < -0.4 is 5.32 Å². The molecule has 2 rings (SSSR count). The Morgan fingerprint density at radius 1 is 1.25 bits per heavy atom. The monoisotopic (exact) mass is 344 g/mol. The maximum atomic E-state index is 12.6. The molecule has 134 valence electrons. The number of benzene rings is 1. The molecule has 0 aliphatic carbocycles. The van der Waals surface area contributed by atoms with Gasteiger partial charge in [0.05, 0.1) is 19.2 Å². The van der Waals surface area contributed by atoms with E-state index in [0.717, 1.165) is 50.2 Å². The second-order valence-electron chi connectivity index (χ2n) is 6.13. The summed E-state index contributed by atoms with van der Waals surface area (Å²) in [6, 6.07) is 5.09. The Balaban J connectivity index is 2.01. The number of ether oxygens (including phenoxy) is 1. The normalized spacial score (nSPS) is 16.4. The van der Waals surface area contributed by atoms with Crippen molar-refractivity contribution in [2.75, 3.05) is 33.3 Å². The molecule has 1 saturated heterocycles. The molecular weight excluding hydrogens is 321 g/mol. The highest BCUT2D eigenvalue weighted by Gasteiger charge is 2.30. The van der Waals surface area contributed by atoms with E-state index in [0.29, 0.717) is 12.5 Å². The predicted octanol–water partition coefficient (Wildman–Crippen LogP) is 2.68. The molecule has 0 atom stereocenters. The molecule has 1 fully saturated rings. The van der Waals surface area contributed by atoms with Gasteiger partial charge >= 0.3 is 12.1 Å². The number of hydrogen-bond acceptors (Lipinski definition) is 4. The van der Waals surface area contributed by atoms with Crippen LogP contribution in [0.25, 0.3) is 0 Å². The summed E-state index contributed by atoms with van der Waals surface area (Å²) >= 11 is 0. The highest BCUT2D eigenvalue weighted by molar-refractivity contribution is 5.71. The number of hydrogen-bond donors (Lipinski definition) is 1. The SMILES string of the molecule is COC(=O)CN(Cc1ccc(C(F)(F)F)cc1)CC1CCNCC1. The van der Waals surface area contributed by atoms with Crippen molar-refractivity contribution < 1.29 is 22.7 Å². The number of piperidine rings is 1. The third-order valence-electron chi connectivity index (χ3n) is 4.24. The van der Waals surface area contributed by atoms with Gasteiger partial charge in [0, 0.05) is 13.1 Å². The van der Waals surface area contributed by atoms with Crippen LogP contribution in [0.1, 0.15) is 24.0 Å². The lowest BCUT2D eigenvalue weighted by molar-refractivity contribution is -0.142. The lowest BCUT2D eigenvalue weighted by Gasteiger charge is -2.29. The summed E-state index contributed by atoms with van der Waals surface area (Å²) in [5.74, 6) is 0.140. The summed E-state index contributed by atoms with van der Waals surface area (Å²) in [6.45, 7) is 3.21. The Labute approximate surface area is 140 Å². The van der Waals surface area contributed by atoms with Crippen LogP contribution in [-0.2, 0) is 22.3 Å². The van der Waals surface area contributed by atoms with Gasteiger partial charge in [0.25, 0.3) is 0 Å². The molecule has 1 aromatic rings. The molecular formula is C17H23F3N2O2. The molecule has 1 aliphatic heterocycles. The summed E-state index contributed by atoms with van der Waals surface area (Å²) in [6.07, 6.45) is -2.27. The number of carbonyl (C=O) groups excluding carboxylic acids is 1. The van der Waals surface area contributed by atoms with Crippen LogP contribution in [-0.4, -0.2) is 44.2 Å². The van der Waals surface area contributed by atoms with Gasteiger partial charge in [-0.2, -0.15) is 13.2 Å². The van der Waals surface area contributed by atoms with Gasteiger partial charge in [-0.1, -0.05) is 12.1 Å². The van der Waals surface area contributed by atoms with Crippen LogP contribution in [0.5, 0.6) is 0 Å². The number of nitrogens with zero attached hydrogens (tertiary/aromatic N) is 1. The number of carbonyl (C=O) groups is 1. The van der Waals surface area contributed by atoms with Crippen LogP contribution in [0, 0.1) is 5.92 Å². The molecule has 1 aromatic carbocycles. The lowest BCUT2D eigenvalue weighted by Crippen LogP contribution is -2.38. The maximum absolute atomic E-state index is 12.6. The zero-order chi connectivity index (χ0) is 17.6. The van der Waals surface area contributed by atoms with E-state index in [1.165, 1.54) is 19.2 Å². The Bertz CT molecular complexity index is 526. The van der Waals surface area contributed by atoms with E-state index in [-0.39, 0.29) is 12.5 Å². The zero-order valence-electron chi connectivity index (χ0n) is 13.7. The van der Waals surface area contributed by atoms with Crippen LogP contribution in [0.15, 0.2) is 24.3 Å². The molecule has 1 aliphatic rings. The third-order valence-corrected chi connectivity index (χ3v) is 4.24. The van der Waals surface area contributed by atoms with Gasteiger partial charge in [-0.05, 0) is 49.5 Å². The van der Waals surface area contributed by atoms with Gasteiger partial charge in [-0.15, -0.1) is 0 Å². The molecule has 7 heteroatoms. The van der Waals surface area contributed by atoms with Crippen molar-refractivity contribution in [3.63, 3.8) is 0 Å². The first kappa shape index (κ1) is 18.7. The quantitative estimate of drug-likeness (QED) is 0.806. The molecule has 24 heavy (non-hydrogen) atoms. The standard InChI is InChI=1S/C17H23F3N2O2/c1-24-16(23)12-22(11-14-6-8-21-9-7-14)10-13-2-4-15(5-3-13)17(18,19)20/h2-5,14,21H,6-12H2,1H3. The van der Waals surface area contributed by atoms with Crippen molar-refractivity contribution in [1.29, 1.82) is 0 Å². The molecule has 1 heterocycles. The van der Waals surface area contributed by atoms with Crippen LogP contribution >= 0.6 is 0 Å². The Morgan fingerprint density at radius 3 is 2.42 bits per heavy atom. The number of nitrogens with one attached hydrogen (secondary N) is 1. The van der Waals surface area contributed by atoms with Gasteiger partial charge in [0.2, 0.25) is 0 Å². The summed E-state index contributed by atoms with van der Waals surface area (Å²) in [5, 5.41) is 3.29. The van der Waals surface area contributed by atoms with E-state index in [9.17, 15) is 18.0 Å². The molecule has 1 N–H and O–H groups in total. The zero-order valence-corrected chi connectivity index (χ0v) is 13.7. The molecule has 0 unspecified atom stereocenters. The van der Waals surface area contributed by atoms with Gasteiger partial charge in [-0.3, -0.25) is 9.69 Å². The van der Waals surface area contributed by atoms with Gasteiger partial charge in [-0.25, -0.2) is 0 Å². The first-order valence-corrected chi connectivity index (χ1v) is 8.04. The van der Waals surface area contributed by atoms with E-state index >= 15 is 0 Å². The van der Waals surface area contributed by atoms with Gasteiger partial charge in [0.1, 0.15) is 0 Å². The predicted molar refractivity (Wildman–Crippen MR) is 84.3 cm³/mol. The number of halogens is 3. The van der Waals surface area contributed by atoms with Crippen molar-refractivity contribution in [2.45, 2.75) is 25.6 Å². The van der Waals surface area contributed by atoms with E-state index < -0.39 is 11.7 Å². The van der Waals surface area contributed by atoms with E-state index in [4.69, 9.17) is 4.74 Å². The van der Waals surface area contributed by atoms with E-state index in [1.54, 1.807) is 0 Å². The topological polar surface area (TPSA) is 41.6 Å². The number of rotatable bonds is 6. The second kappa shape index (κ2) is 8.48. The minimum atomic E-state index is -4.33. The van der Waals surface area contributed by atoms with Crippen LogP contribution in [0.4, 0.5) is 13.2 Å². The molecule has 0 amide bonds. The third kappa shape index (κ3) is 5.79. The van der Waals surface area contributed by atoms with E-state index in [2.05, 4.69) is 5.32 Å². The Morgan fingerprint density at radius 2 is 1.88 bits per heavy atom. The highest BCUT2D eigenvalue weighted by atomic mass is 19.4. The Hall–Kier alpha value is -1.60. The Kier molecular flexibility index (Phi) is 6.62. The van der Waals surface area contributed by atoms with Crippen molar-refractivity contribution in [2.24, 2.45) is 5.92 Å². The van der Waals surface area contributed by atoms with Crippen molar-refractivity contribution in [3.05, 3.63) is 35.4 Å².